The number of rotatable bonds is 2. The number of ether oxygens (including phenoxy) is 2. The zero-order chi connectivity index (χ0) is 23.6. The van der Waals surface area contributed by atoms with Crippen molar-refractivity contribution in [1.29, 1.82) is 0 Å². The van der Waals surface area contributed by atoms with E-state index in [4.69, 9.17) is 15.2 Å². The van der Waals surface area contributed by atoms with E-state index in [2.05, 4.69) is 44.0 Å². The summed E-state index contributed by atoms with van der Waals surface area (Å²) in [7, 11) is 3.63. The van der Waals surface area contributed by atoms with Gasteiger partial charge in [0.15, 0.2) is 0 Å². The predicted molar refractivity (Wildman–Crippen MR) is 134 cm³/mol. The minimum atomic E-state index is -1.26. The third-order valence-electron chi connectivity index (χ3n) is 8.33. The molecule has 8 heteroatoms. The highest BCUT2D eigenvalue weighted by atomic mass is 16.6. The lowest BCUT2D eigenvalue weighted by molar-refractivity contribution is -0.262. The summed E-state index contributed by atoms with van der Waals surface area (Å²) < 4.78 is 17.3. The van der Waals surface area contributed by atoms with Crippen molar-refractivity contribution in [1.82, 2.24) is 19.8 Å². The number of nitrogens with zero attached hydrogens (tertiary/aromatic N) is 2. The molecule has 35 heavy (non-hydrogen) atoms. The molecule has 1 saturated heterocycles. The van der Waals surface area contributed by atoms with Crippen LogP contribution in [0.25, 0.3) is 43.6 Å². The molecule has 3 aliphatic rings. The van der Waals surface area contributed by atoms with Crippen LogP contribution in [-0.2, 0) is 21.9 Å². The first-order chi connectivity index (χ1) is 17.1. The average molecular weight is 468 g/mol. The molecule has 8 nitrogen and oxygen atoms in total. The molecule has 2 bridgehead atoms. The fraction of sp³-hybridized carbons (Fsp3) is 0.296. The Kier molecular flexibility index (Phi) is 3.63. The van der Waals surface area contributed by atoms with E-state index in [-0.39, 0.29) is 18.2 Å². The van der Waals surface area contributed by atoms with E-state index in [9.17, 15) is 4.79 Å². The summed E-state index contributed by atoms with van der Waals surface area (Å²) in [5.41, 5.74) is 13.1. The van der Waals surface area contributed by atoms with Crippen LogP contribution < -0.4 is 16.4 Å². The van der Waals surface area contributed by atoms with Gasteiger partial charge in [0.1, 0.15) is 12.3 Å². The van der Waals surface area contributed by atoms with Crippen LogP contribution >= 0.6 is 0 Å². The number of likely N-dealkylation sites (N-methyl/N-ethyl adjacent to an activating group) is 1. The van der Waals surface area contributed by atoms with Gasteiger partial charge in [0.2, 0.25) is 5.85 Å². The number of amides is 1. The molecule has 4 N–H and O–H groups in total. The Morgan fingerprint density at radius 2 is 1.80 bits per heavy atom. The molecule has 1 fully saturated rings. The maximum atomic E-state index is 13.3. The molecule has 0 unspecified atom stereocenters. The van der Waals surface area contributed by atoms with Crippen molar-refractivity contribution in [3.63, 3.8) is 0 Å². The van der Waals surface area contributed by atoms with Gasteiger partial charge in [-0.3, -0.25) is 15.1 Å². The van der Waals surface area contributed by atoms with Crippen LogP contribution in [0.5, 0.6) is 0 Å². The maximum Gasteiger partial charge on any atom is 0.252 e. The highest BCUT2D eigenvalue weighted by molar-refractivity contribution is 6.31. The Morgan fingerprint density at radius 1 is 1.09 bits per heavy atom. The topological polar surface area (TPSA) is 95.5 Å². The molecule has 8 rings (SSSR count). The first kappa shape index (κ1) is 19.8. The fourth-order valence-electron chi connectivity index (χ4n) is 7.04. The Hall–Kier alpha value is -3.43. The first-order valence-corrected chi connectivity index (χ1v) is 12.0. The number of hydrogen-bond acceptors (Lipinski definition) is 5. The molecular formula is C27H25N5O3. The number of carbonyl (C=O) groups is 1. The van der Waals surface area contributed by atoms with Crippen molar-refractivity contribution in [2.24, 2.45) is 5.73 Å². The van der Waals surface area contributed by atoms with E-state index in [0.29, 0.717) is 13.0 Å². The van der Waals surface area contributed by atoms with Gasteiger partial charge in [-0.2, -0.15) is 0 Å². The van der Waals surface area contributed by atoms with Gasteiger partial charge in [0.05, 0.1) is 27.6 Å². The molecule has 4 atom stereocenters. The number of carbonyl (C=O) groups excluding carboxylic acids is 1. The summed E-state index contributed by atoms with van der Waals surface area (Å²) in [6.45, 7) is 0.489. The van der Waals surface area contributed by atoms with Gasteiger partial charge in [-0.1, -0.05) is 36.4 Å². The lowest BCUT2D eigenvalue weighted by Crippen LogP contribution is -2.65. The zero-order valence-electron chi connectivity index (χ0n) is 19.5. The largest absolute Gasteiger partial charge is 0.373 e. The highest BCUT2D eigenvalue weighted by Crippen LogP contribution is 2.52. The van der Waals surface area contributed by atoms with Crippen molar-refractivity contribution in [3.8, 4) is 0 Å². The Balaban J connectivity index is 1.72. The molecule has 0 spiro atoms. The zero-order valence-corrected chi connectivity index (χ0v) is 19.5. The molecule has 0 radical (unpaired) electrons. The van der Waals surface area contributed by atoms with Crippen LogP contribution in [0.2, 0.25) is 0 Å². The summed E-state index contributed by atoms with van der Waals surface area (Å²) in [6, 6.07) is 16.5. The number of nitrogens with one attached hydrogen (secondary N) is 2. The van der Waals surface area contributed by atoms with Crippen molar-refractivity contribution in [2.75, 3.05) is 14.2 Å². The maximum absolute atomic E-state index is 13.3. The molecule has 5 heterocycles. The number of methoxy groups -OCH3 is 1. The van der Waals surface area contributed by atoms with Gasteiger partial charge in [0.25, 0.3) is 5.91 Å². The smallest absolute Gasteiger partial charge is 0.252 e. The summed E-state index contributed by atoms with van der Waals surface area (Å²) in [4.78, 5) is 13.3. The fourth-order valence-corrected chi connectivity index (χ4v) is 7.04. The van der Waals surface area contributed by atoms with Crippen LogP contribution in [0.1, 0.15) is 28.6 Å². The quantitative estimate of drug-likeness (QED) is 0.371. The van der Waals surface area contributed by atoms with E-state index in [1.165, 1.54) is 0 Å². The Morgan fingerprint density at radius 3 is 2.54 bits per heavy atom. The van der Waals surface area contributed by atoms with Crippen molar-refractivity contribution < 1.29 is 14.3 Å². The number of hydrogen-bond donors (Lipinski definition) is 3. The molecule has 0 saturated carbocycles. The van der Waals surface area contributed by atoms with Crippen LogP contribution in [0, 0.1) is 0 Å². The van der Waals surface area contributed by atoms with Crippen molar-refractivity contribution >= 4 is 49.5 Å². The molecule has 3 aliphatic heterocycles. The second kappa shape index (κ2) is 6.41. The standard InChI is InChI=1S/C27H25N5O3/c1-29-16-11-19-31-17-9-5-3-7-13(17)21-22-15(12-30-26(22)33)20-14-8-4-6-10-18(14)32(24(20)23(21)31)27(28,35-19)25(16)34-2/h3-10,16,19,25,29H,11-12,28H2,1-2H3,(H,30,33)/t16-,19-,25-,27-/m1/s1. The van der Waals surface area contributed by atoms with Crippen LogP contribution in [0.15, 0.2) is 48.5 Å². The summed E-state index contributed by atoms with van der Waals surface area (Å²) in [5.74, 6) is -1.29. The first-order valence-electron chi connectivity index (χ1n) is 12.0. The molecule has 2 aromatic heterocycles. The van der Waals surface area contributed by atoms with Gasteiger partial charge in [-0.05, 0) is 24.7 Å². The minimum absolute atomic E-state index is 0.0277. The van der Waals surface area contributed by atoms with Gasteiger partial charge in [-0.25, -0.2) is 0 Å². The molecule has 1 amide bonds. The number of para-hydroxylation sites is 2. The van der Waals surface area contributed by atoms with E-state index >= 15 is 0 Å². The highest BCUT2D eigenvalue weighted by Gasteiger charge is 2.53. The number of aromatic nitrogens is 2. The van der Waals surface area contributed by atoms with Gasteiger partial charge >= 0.3 is 0 Å². The lowest BCUT2D eigenvalue weighted by atomic mass is 9.97. The number of nitrogens with two attached hydrogens (primary N) is 1. The third-order valence-corrected chi connectivity index (χ3v) is 8.33. The second-order valence-electron chi connectivity index (χ2n) is 9.83. The average Bonchev–Trinajstić information content (AvgIpc) is 3.51. The van der Waals surface area contributed by atoms with Gasteiger partial charge < -0.3 is 24.7 Å². The van der Waals surface area contributed by atoms with E-state index in [0.717, 1.165) is 54.7 Å². The summed E-state index contributed by atoms with van der Waals surface area (Å²) >= 11 is 0. The van der Waals surface area contributed by atoms with Crippen LogP contribution in [-0.4, -0.2) is 41.3 Å². The van der Waals surface area contributed by atoms with Gasteiger partial charge in [-0.15, -0.1) is 0 Å². The predicted octanol–water partition coefficient (Wildman–Crippen LogP) is 3.25. The normalized spacial score (nSPS) is 27.3. The number of fused-ring (bicyclic) bond motifs is 13. The molecule has 176 valence electrons. The van der Waals surface area contributed by atoms with Crippen LogP contribution in [0.4, 0.5) is 0 Å². The van der Waals surface area contributed by atoms with Crippen LogP contribution in [0.3, 0.4) is 0 Å². The summed E-state index contributed by atoms with van der Waals surface area (Å²) in [5, 5.41) is 10.7. The number of benzene rings is 3. The van der Waals surface area contributed by atoms with Gasteiger partial charge in [0, 0.05) is 47.7 Å². The lowest BCUT2D eigenvalue weighted by Gasteiger charge is -2.47. The third kappa shape index (κ3) is 2.12. The SMILES string of the molecule is CN[C@@H]1C[C@H]2O[C@@](N)([C@@H]1OC)n1c3ccccc3c3c4c(c5c6ccccc6n2c5c31)C(=O)NC4. The minimum Gasteiger partial charge on any atom is -0.373 e. The van der Waals surface area contributed by atoms with E-state index in [1.54, 1.807) is 7.11 Å². The Labute approximate surface area is 200 Å². The monoisotopic (exact) mass is 467 g/mol. The Bertz CT molecular complexity index is 1750. The molecule has 0 aliphatic carbocycles. The molecule has 3 aromatic carbocycles. The second-order valence-corrected chi connectivity index (χ2v) is 9.83. The van der Waals surface area contributed by atoms with E-state index in [1.807, 2.05) is 31.3 Å². The summed E-state index contributed by atoms with van der Waals surface area (Å²) in [6.07, 6.45) is -0.0905. The van der Waals surface area contributed by atoms with E-state index < -0.39 is 12.0 Å². The molecular weight excluding hydrogens is 442 g/mol. The van der Waals surface area contributed by atoms with Crippen molar-refractivity contribution in [2.45, 2.75) is 37.2 Å². The molecule has 5 aromatic rings. The van der Waals surface area contributed by atoms with Crippen molar-refractivity contribution in [3.05, 3.63) is 59.7 Å².